The number of allylic oxidation sites excluding steroid dienone is 4. The van der Waals surface area contributed by atoms with Crippen LogP contribution in [0.25, 0.3) is 11.1 Å². The molecule has 486 valence electrons. The number of ether oxygens (including phenoxy) is 10. The molecule has 2 aliphatic carbocycles. The molecule has 88 heavy (non-hydrogen) atoms. The van der Waals surface area contributed by atoms with Crippen LogP contribution in [0, 0.1) is 0 Å². The number of hydrogen-bond donors (Lipinski definition) is 3. The number of amides is 7. The van der Waals surface area contributed by atoms with Crippen molar-refractivity contribution in [1.82, 2.24) is 25.8 Å². The molecule has 3 N–H and O–H groups in total. The van der Waals surface area contributed by atoms with E-state index in [2.05, 4.69) is 46.3 Å². The number of fused-ring (bicyclic) bond motifs is 4. The molecule has 0 spiro atoms. The van der Waals surface area contributed by atoms with Gasteiger partial charge in [-0.1, -0.05) is 54.6 Å². The van der Waals surface area contributed by atoms with E-state index in [1.54, 1.807) is 4.90 Å². The Balaban J connectivity index is 0.761. The number of alkyl carbamates (subject to hydrolysis) is 1. The molecule has 0 saturated heterocycles. The zero-order valence-corrected chi connectivity index (χ0v) is 51.4. The summed E-state index contributed by atoms with van der Waals surface area (Å²) in [4.78, 5) is 91.8. The monoisotopic (exact) mass is 1230 g/mol. The zero-order chi connectivity index (χ0) is 62.1. The highest BCUT2D eigenvalue weighted by atomic mass is 16.6. The maximum absolute atomic E-state index is 13.7. The Labute approximate surface area is 518 Å². The molecule has 4 aliphatic rings. The van der Waals surface area contributed by atoms with Gasteiger partial charge in [0.2, 0.25) is 23.6 Å². The van der Waals surface area contributed by atoms with Crippen molar-refractivity contribution >= 4 is 58.4 Å². The maximum Gasteiger partial charge on any atom is 0.407 e. The molecule has 1 atom stereocenters. The normalized spacial score (nSPS) is 15.3. The van der Waals surface area contributed by atoms with Crippen LogP contribution in [0.2, 0.25) is 0 Å². The molecule has 0 saturated carbocycles. The third-order valence-corrected chi connectivity index (χ3v) is 14.9. The first-order chi connectivity index (χ1) is 43.2. The molecular weight excluding hydrogens is 1140 g/mol. The largest absolute Gasteiger partial charge is 0.446 e. The molecule has 2 heterocycles. The third-order valence-electron chi connectivity index (χ3n) is 14.9. The fourth-order valence-corrected chi connectivity index (χ4v) is 10.1. The highest BCUT2D eigenvalue weighted by Crippen LogP contribution is 2.48. The van der Waals surface area contributed by atoms with Crippen LogP contribution >= 0.6 is 0 Å². The second-order valence-electron chi connectivity index (χ2n) is 21.4. The summed E-state index contributed by atoms with van der Waals surface area (Å²) >= 11 is 0. The first kappa shape index (κ1) is 70.7. The molecule has 23 heteroatoms. The van der Waals surface area contributed by atoms with E-state index in [0.717, 1.165) is 85.9 Å². The molecule has 0 bridgehead atoms. The van der Waals surface area contributed by atoms with Gasteiger partial charge in [-0.2, -0.15) is 0 Å². The van der Waals surface area contributed by atoms with Gasteiger partial charge in [0, 0.05) is 82.9 Å². The number of carbonyl (C=O) groups is 7. The molecule has 2 aliphatic heterocycles. The third kappa shape index (κ3) is 27.5. The minimum atomic E-state index is -0.417. The molecule has 23 nitrogen and oxygen atoms in total. The fraction of sp³-hybridized carbons (Fsp3) is 0.615. The number of rotatable bonds is 46. The summed E-state index contributed by atoms with van der Waals surface area (Å²) in [7, 11) is 0. The lowest BCUT2D eigenvalue weighted by molar-refractivity contribution is -0.137. The first-order valence-corrected chi connectivity index (χ1v) is 31.5. The molecule has 2 aromatic rings. The smallest absolute Gasteiger partial charge is 0.407 e. The number of nitrogens with zero attached hydrogens (tertiary/aromatic N) is 3. The van der Waals surface area contributed by atoms with Gasteiger partial charge in [-0.25, -0.2) is 4.79 Å². The van der Waals surface area contributed by atoms with Gasteiger partial charge in [0.05, 0.1) is 131 Å². The number of nitrogens with one attached hydrogen (secondary N) is 3. The summed E-state index contributed by atoms with van der Waals surface area (Å²) < 4.78 is 56.4. The van der Waals surface area contributed by atoms with Crippen molar-refractivity contribution in [3.05, 3.63) is 89.5 Å². The van der Waals surface area contributed by atoms with Crippen molar-refractivity contribution in [2.24, 2.45) is 0 Å². The van der Waals surface area contributed by atoms with Gasteiger partial charge in [0.1, 0.15) is 6.10 Å². The van der Waals surface area contributed by atoms with Gasteiger partial charge >= 0.3 is 6.09 Å². The average molecular weight is 1230 g/mol. The van der Waals surface area contributed by atoms with Crippen LogP contribution in [0.4, 0.5) is 10.5 Å². The minimum absolute atomic E-state index is 0.0210. The second kappa shape index (κ2) is 43.3. The number of benzene rings is 2. The maximum atomic E-state index is 13.7. The van der Waals surface area contributed by atoms with E-state index < -0.39 is 17.9 Å². The summed E-state index contributed by atoms with van der Waals surface area (Å²) in [5.74, 6) is -1.44. The highest BCUT2D eigenvalue weighted by Gasteiger charge is 2.31. The number of imide groups is 1. The number of hydrogen-bond acceptors (Lipinski definition) is 17. The van der Waals surface area contributed by atoms with Crippen LogP contribution in [-0.4, -0.2) is 216 Å². The summed E-state index contributed by atoms with van der Waals surface area (Å²) in [6.07, 6.45) is 15.7. The lowest BCUT2D eigenvalue weighted by Crippen LogP contribution is -2.35. The summed E-state index contributed by atoms with van der Waals surface area (Å²) in [5, 5.41) is 8.31. The van der Waals surface area contributed by atoms with E-state index in [0.29, 0.717) is 145 Å². The number of carbonyl (C=O) groups excluding carboxylic acids is 7. The average Bonchev–Trinajstić information content (AvgIpc) is 0.951. The van der Waals surface area contributed by atoms with Gasteiger partial charge < -0.3 is 73.1 Å². The van der Waals surface area contributed by atoms with Crippen LogP contribution in [0.15, 0.2) is 72.8 Å². The lowest BCUT2D eigenvalue weighted by atomic mass is 9.77. The van der Waals surface area contributed by atoms with E-state index in [9.17, 15) is 33.6 Å². The van der Waals surface area contributed by atoms with Gasteiger partial charge in [0.15, 0.2) is 0 Å². The van der Waals surface area contributed by atoms with Crippen LogP contribution < -0.4 is 20.9 Å². The summed E-state index contributed by atoms with van der Waals surface area (Å²) in [6.45, 7) is 8.82. The van der Waals surface area contributed by atoms with Crippen LogP contribution in [0.3, 0.4) is 0 Å². The molecule has 0 radical (unpaired) electrons. The number of para-hydroxylation sites is 1. The van der Waals surface area contributed by atoms with Crippen molar-refractivity contribution in [2.75, 3.05) is 163 Å². The van der Waals surface area contributed by atoms with E-state index in [1.807, 2.05) is 35.2 Å². The Hall–Kier alpha value is -6.41. The van der Waals surface area contributed by atoms with Crippen LogP contribution in [-0.2, 0) is 82.7 Å². The predicted octanol–water partition coefficient (Wildman–Crippen LogP) is 5.72. The second-order valence-corrected chi connectivity index (χ2v) is 21.4. The van der Waals surface area contributed by atoms with E-state index in [1.165, 1.54) is 28.9 Å². The van der Waals surface area contributed by atoms with Gasteiger partial charge in [-0.15, -0.1) is 0 Å². The predicted molar refractivity (Wildman–Crippen MR) is 329 cm³/mol. The Morgan fingerprint density at radius 2 is 1.03 bits per heavy atom. The zero-order valence-electron chi connectivity index (χ0n) is 51.4. The van der Waals surface area contributed by atoms with Crippen molar-refractivity contribution in [1.29, 1.82) is 0 Å². The molecule has 0 fully saturated rings. The molecule has 7 amide bonds. The van der Waals surface area contributed by atoms with Gasteiger partial charge in [-0.05, 0) is 92.5 Å². The Morgan fingerprint density at radius 3 is 1.68 bits per heavy atom. The Bertz CT molecular complexity index is 2530. The van der Waals surface area contributed by atoms with E-state index in [-0.39, 0.29) is 75.2 Å². The molecule has 0 unspecified atom stereocenters. The van der Waals surface area contributed by atoms with E-state index >= 15 is 0 Å². The number of unbranched alkanes of at least 4 members (excludes halogenated alkanes) is 2. The van der Waals surface area contributed by atoms with Gasteiger partial charge in [-0.3, -0.25) is 33.7 Å². The topological polar surface area (TPSA) is 258 Å². The van der Waals surface area contributed by atoms with Gasteiger partial charge in [0.25, 0.3) is 11.8 Å². The summed E-state index contributed by atoms with van der Waals surface area (Å²) in [6, 6.07) is 16.4. The van der Waals surface area contributed by atoms with E-state index in [4.69, 9.17) is 47.4 Å². The van der Waals surface area contributed by atoms with Crippen molar-refractivity contribution in [2.45, 2.75) is 103 Å². The Morgan fingerprint density at radius 1 is 0.500 bits per heavy atom. The molecule has 6 rings (SSSR count). The van der Waals surface area contributed by atoms with Crippen molar-refractivity contribution in [3.8, 4) is 0 Å². The quantitative estimate of drug-likeness (QED) is 0.0407. The Kier molecular flexibility index (Phi) is 34.8. The number of anilines is 1. The highest BCUT2D eigenvalue weighted by molar-refractivity contribution is 6.13. The molecular formula is C65H94N6O17. The van der Waals surface area contributed by atoms with Crippen LogP contribution in [0.5, 0.6) is 0 Å². The van der Waals surface area contributed by atoms with Crippen molar-refractivity contribution in [3.63, 3.8) is 0 Å². The van der Waals surface area contributed by atoms with Crippen molar-refractivity contribution < 1.29 is 80.9 Å². The molecule has 0 aromatic heterocycles. The SMILES string of the molecule is O=C(CCC(=O)N1Cc2ccccc2C2=C(CC2)c2ccccc21)NCCOCCOCCCCCN(CCOCCOCCOCCNC(=O)O[C@H]1CCC=CCCC1)C(=O)CCOCCOCCOCCOCCNC(=O)CCN1C(=O)C=CC1=O. The minimum Gasteiger partial charge on any atom is -0.446 e. The fourth-order valence-electron chi connectivity index (χ4n) is 10.1. The first-order valence-electron chi connectivity index (χ1n) is 31.5. The lowest BCUT2D eigenvalue weighted by Gasteiger charge is -2.35. The summed E-state index contributed by atoms with van der Waals surface area (Å²) in [5.41, 5.74) is 6.97. The molecule has 2 aromatic carbocycles. The standard InChI is InChI=1S/C65H94N6O17/c72-59(21-22-64(77)71-51-52-13-7-8-16-54(52)55-19-20-56(55)57-17-9-10-18-58(57)71)66-27-35-81-41-39-79-33-12-4-11-30-69(32-38-84-44-48-86-47-43-83-37-29-68-65(78)88-53-14-5-2-1-3-6-15-53)61(74)26-34-80-40-45-85-49-50-87-46-42-82-36-28-67-60(73)25-31-70-62(75)23-24-63(70)76/h1-2,7-10,13,16-18,23-24,53H,3-6,11-12,14-15,19-22,25-51H2,(H,66,72)(H,67,73)(H,68,78)/t53-/m0/s1. The van der Waals surface area contributed by atoms with Crippen LogP contribution in [0.1, 0.15) is 107 Å².